The van der Waals surface area contributed by atoms with Crippen molar-refractivity contribution >= 4 is 11.7 Å². The molecule has 1 atom stereocenters. The highest BCUT2D eigenvalue weighted by molar-refractivity contribution is 5.93. The molecule has 0 spiro atoms. The molecule has 3 heterocycles. The standard InChI is InChI=1S/C18H23N5O3/c1-21-8-6-19-16(18(21)25)20-11-14-12-22(9-10-26-14)17(24)15-3-2-7-23(15)13-4-5-13/h2-3,6-8,13-14H,4-5,9-12H2,1H3,(H,19,20)/t14-/m1/s1. The highest BCUT2D eigenvalue weighted by atomic mass is 16.5. The molecule has 0 unspecified atom stereocenters. The highest BCUT2D eigenvalue weighted by Crippen LogP contribution is 2.36. The van der Waals surface area contributed by atoms with Crippen LogP contribution in [0.3, 0.4) is 0 Å². The lowest BCUT2D eigenvalue weighted by atomic mass is 10.2. The van der Waals surface area contributed by atoms with Crippen LogP contribution in [0.4, 0.5) is 5.82 Å². The summed E-state index contributed by atoms with van der Waals surface area (Å²) in [4.78, 5) is 30.8. The topological polar surface area (TPSA) is 81.4 Å². The summed E-state index contributed by atoms with van der Waals surface area (Å²) in [6.45, 7) is 1.99. The van der Waals surface area contributed by atoms with Gasteiger partial charge in [-0.3, -0.25) is 9.59 Å². The van der Waals surface area contributed by atoms with Gasteiger partial charge >= 0.3 is 0 Å². The first-order chi connectivity index (χ1) is 12.6. The number of ether oxygens (including phenoxy) is 1. The van der Waals surface area contributed by atoms with Crippen molar-refractivity contribution in [1.82, 2.24) is 19.0 Å². The molecular weight excluding hydrogens is 334 g/mol. The summed E-state index contributed by atoms with van der Waals surface area (Å²) in [5.74, 6) is 0.341. The summed E-state index contributed by atoms with van der Waals surface area (Å²) < 4.78 is 9.31. The molecule has 1 aliphatic heterocycles. The predicted molar refractivity (Wildman–Crippen MR) is 96.3 cm³/mol. The van der Waals surface area contributed by atoms with E-state index in [4.69, 9.17) is 4.74 Å². The summed E-state index contributed by atoms with van der Waals surface area (Å²) in [5.41, 5.74) is 0.568. The zero-order valence-corrected chi connectivity index (χ0v) is 14.8. The van der Waals surface area contributed by atoms with Gasteiger partial charge in [0.2, 0.25) is 0 Å². The van der Waals surface area contributed by atoms with Crippen LogP contribution in [0.15, 0.2) is 35.5 Å². The van der Waals surface area contributed by atoms with Gasteiger partial charge in [-0.1, -0.05) is 0 Å². The van der Waals surface area contributed by atoms with Crippen molar-refractivity contribution in [2.75, 3.05) is 31.6 Å². The van der Waals surface area contributed by atoms with Crippen LogP contribution in [-0.4, -0.2) is 57.3 Å². The van der Waals surface area contributed by atoms with E-state index in [0.717, 1.165) is 18.5 Å². The van der Waals surface area contributed by atoms with Gasteiger partial charge in [0.25, 0.3) is 11.5 Å². The summed E-state index contributed by atoms with van der Waals surface area (Å²) in [6, 6.07) is 4.30. The average molecular weight is 357 g/mol. The maximum Gasteiger partial charge on any atom is 0.293 e. The number of carbonyl (C=O) groups excluding carboxylic acids is 1. The molecule has 26 heavy (non-hydrogen) atoms. The molecule has 1 amide bonds. The largest absolute Gasteiger partial charge is 0.373 e. The molecule has 8 nitrogen and oxygen atoms in total. The van der Waals surface area contributed by atoms with Gasteiger partial charge in [-0.25, -0.2) is 4.98 Å². The zero-order chi connectivity index (χ0) is 18.1. The number of hydrogen-bond acceptors (Lipinski definition) is 5. The molecule has 4 rings (SSSR count). The first kappa shape index (κ1) is 16.8. The van der Waals surface area contributed by atoms with Crippen molar-refractivity contribution in [2.45, 2.75) is 25.0 Å². The van der Waals surface area contributed by atoms with E-state index in [2.05, 4.69) is 14.9 Å². The van der Waals surface area contributed by atoms with Gasteiger partial charge in [0, 0.05) is 51.3 Å². The van der Waals surface area contributed by atoms with E-state index in [-0.39, 0.29) is 17.6 Å². The average Bonchev–Trinajstić information content (AvgIpc) is 3.39. The van der Waals surface area contributed by atoms with E-state index in [1.807, 2.05) is 23.2 Å². The molecule has 0 radical (unpaired) electrons. The van der Waals surface area contributed by atoms with Crippen molar-refractivity contribution in [3.8, 4) is 0 Å². The van der Waals surface area contributed by atoms with Gasteiger partial charge in [0.1, 0.15) is 5.69 Å². The van der Waals surface area contributed by atoms with Gasteiger partial charge in [-0.05, 0) is 25.0 Å². The smallest absolute Gasteiger partial charge is 0.293 e. The second kappa shape index (κ2) is 6.95. The van der Waals surface area contributed by atoms with Gasteiger partial charge in [0.15, 0.2) is 5.82 Å². The SMILES string of the molecule is Cn1ccnc(NC[C@@H]2CN(C(=O)c3cccn3C3CC3)CCO2)c1=O. The molecule has 0 bridgehead atoms. The molecule has 2 aromatic heterocycles. The molecular formula is C18H23N5O3. The van der Waals surface area contributed by atoms with Crippen LogP contribution >= 0.6 is 0 Å². The third kappa shape index (κ3) is 3.37. The second-order valence-electron chi connectivity index (χ2n) is 6.85. The lowest BCUT2D eigenvalue weighted by molar-refractivity contribution is -0.0153. The van der Waals surface area contributed by atoms with Crippen LogP contribution in [0.1, 0.15) is 29.4 Å². The number of anilines is 1. The molecule has 2 aliphatic rings. The van der Waals surface area contributed by atoms with Crippen LogP contribution in [-0.2, 0) is 11.8 Å². The van der Waals surface area contributed by atoms with E-state index in [1.165, 1.54) is 4.57 Å². The second-order valence-corrected chi connectivity index (χ2v) is 6.85. The molecule has 1 saturated heterocycles. The van der Waals surface area contributed by atoms with Gasteiger partial charge < -0.3 is 24.1 Å². The van der Waals surface area contributed by atoms with Crippen molar-refractivity contribution in [1.29, 1.82) is 0 Å². The molecule has 2 fully saturated rings. The molecule has 0 aromatic carbocycles. The molecule has 1 saturated carbocycles. The Morgan fingerprint density at radius 3 is 3.04 bits per heavy atom. The summed E-state index contributed by atoms with van der Waals surface area (Å²) in [7, 11) is 1.68. The molecule has 138 valence electrons. The third-order valence-corrected chi connectivity index (χ3v) is 4.88. The van der Waals surface area contributed by atoms with Gasteiger partial charge in [0.05, 0.1) is 12.7 Å². The normalized spacial score (nSPS) is 20.2. The van der Waals surface area contributed by atoms with E-state index in [0.29, 0.717) is 38.1 Å². The van der Waals surface area contributed by atoms with Crippen molar-refractivity contribution in [3.05, 3.63) is 46.8 Å². The number of morpholine rings is 1. The molecule has 1 N–H and O–H groups in total. The number of rotatable bonds is 5. The maximum absolute atomic E-state index is 12.9. The number of carbonyl (C=O) groups is 1. The summed E-state index contributed by atoms with van der Waals surface area (Å²) in [6.07, 6.45) is 7.28. The van der Waals surface area contributed by atoms with Crippen LogP contribution in [0.2, 0.25) is 0 Å². The Balaban J connectivity index is 1.39. The Hall–Kier alpha value is -2.61. The Kier molecular flexibility index (Phi) is 4.50. The lowest BCUT2D eigenvalue weighted by Crippen LogP contribution is -2.48. The fraction of sp³-hybridized carbons (Fsp3) is 0.500. The number of hydrogen-bond donors (Lipinski definition) is 1. The van der Waals surface area contributed by atoms with Crippen molar-refractivity contribution in [3.63, 3.8) is 0 Å². The number of amides is 1. The minimum absolute atomic E-state index is 0.0453. The number of nitrogens with zero attached hydrogens (tertiary/aromatic N) is 4. The highest BCUT2D eigenvalue weighted by Gasteiger charge is 2.30. The van der Waals surface area contributed by atoms with E-state index in [9.17, 15) is 9.59 Å². The maximum atomic E-state index is 12.9. The van der Waals surface area contributed by atoms with Crippen LogP contribution < -0.4 is 10.9 Å². The number of nitrogens with one attached hydrogen (secondary N) is 1. The van der Waals surface area contributed by atoms with Gasteiger partial charge in [-0.15, -0.1) is 0 Å². The van der Waals surface area contributed by atoms with E-state index in [1.54, 1.807) is 19.4 Å². The summed E-state index contributed by atoms with van der Waals surface area (Å²) >= 11 is 0. The number of aryl methyl sites for hydroxylation is 1. The van der Waals surface area contributed by atoms with E-state index >= 15 is 0 Å². The van der Waals surface area contributed by atoms with Gasteiger partial charge in [-0.2, -0.15) is 0 Å². The Labute approximate surface area is 151 Å². The Morgan fingerprint density at radius 2 is 2.23 bits per heavy atom. The minimum atomic E-state index is -0.182. The van der Waals surface area contributed by atoms with E-state index < -0.39 is 0 Å². The first-order valence-electron chi connectivity index (χ1n) is 8.96. The summed E-state index contributed by atoms with van der Waals surface area (Å²) in [5, 5.41) is 3.04. The third-order valence-electron chi connectivity index (χ3n) is 4.88. The zero-order valence-electron chi connectivity index (χ0n) is 14.8. The predicted octanol–water partition coefficient (Wildman–Crippen LogP) is 0.870. The number of aromatic nitrogens is 3. The fourth-order valence-electron chi connectivity index (χ4n) is 3.27. The molecule has 2 aromatic rings. The quantitative estimate of drug-likeness (QED) is 0.859. The lowest BCUT2D eigenvalue weighted by Gasteiger charge is -2.33. The van der Waals surface area contributed by atoms with Crippen molar-refractivity contribution in [2.24, 2.45) is 7.05 Å². The first-order valence-corrected chi connectivity index (χ1v) is 8.96. The Bertz CT molecular complexity index is 855. The Morgan fingerprint density at radius 1 is 1.38 bits per heavy atom. The van der Waals surface area contributed by atoms with Crippen LogP contribution in [0, 0.1) is 0 Å². The fourth-order valence-corrected chi connectivity index (χ4v) is 3.27. The molecule has 8 heteroatoms. The van der Waals surface area contributed by atoms with Crippen LogP contribution in [0.5, 0.6) is 0 Å². The van der Waals surface area contributed by atoms with Crippen LogP contribution in [0.25, 0.3) is 0 Å². The minimum Gasteiger partial charge on any atom is -0.373 e. The monoisotopic (exact) mass is 357 g/mol. The van der Waals surface area contributed by atoms with Crippen molar-refractivity contribution < 1.29 is 9.53 Å². The molecule has 1 aliphatic carbocycles.